The van der Waals surface area contributed by atoms with Crippen LogP contribution in [0.1, 0.15) is 52.9 Å². The molecule has 2 aliphatic rings. The molecular formula is C16H30N2O. The minimum Gasteiger partial charge on any atom is -0.356 e. The molecule has 1 aliphatic carbocycles. The van der Waals surface area contributed by atoms with Crippen molar-refractivity contribution in [2.24, 2.45) is 23.2 Å². The van der Waals surface area contributed by atoms with Gasteiger partial charge < -0.3 is 10.6 Å². The maximum absolute atomic E-state index is 12.1. The van der Waals surface area contributed by atoms with Gasteiger partial charge in [0.2, 0.25) is 5.91 Å². The summed E-state index contributed by atoms with van der Waals surface area (Å²) in [4.78, 5) is 12.1. The number of amides is 1. The van der Waals surface area contributed by atoms with Crippen molar-refractivity contribution in [1.29, 1.82) is 0 Å². The lowest BCUT2D eigenvalue weighted by Crippen LogP contribution is -2.36. The minimum absolute atomic E-state index is 0.262. The van der Waals surface area contributed by atoms with E-state index in [2.05, 4.69) is 31.4 Å². The number of piperidine rings is 1. The van der Waals surface area contributed by atoms with Gasteiger partial charge in [-0.05, 0) is 61.9 Å². The highest BCUT2D eigenvalue weighted by molar-refractivity contribution is 5.76. The summed E-state index contributed by atoms with van der Waals surface area (Å²) in [6, 6.07) is 0. The lowest BCUT2D eigenvalue weighted by Gasteiger charge is -2.28. The van der Waals surface area contributed by atoms with E-state index in [9.17, 15) is 4.79 Å². The van der Waals surface area contributed by atoms with E-state index in [-0.39, 0.29) is 5.91 Å². The number of nitrogens with one attached hydrogen (secondary N) is 2. The SMILES string of the molecule is CC(CC(=O)NCC1(C(C)C)CC1)C1CCNCC1. The molecule has 1 saturated carbocycles. The third kappa shape index (κ3) is 3.95. The van der Waals surface area contributed by atoms with E-state index in [0.717, 1.165) is 25.6 Å². The predicted molar refractivity (Wildman–Crippen MR) is 78.9 cm³/mol. The van der Waals surface area contributed by atoms with Crippen LogP contribution in [-0.4, -0.2) is 25.5 Å². The molecule has 1 heterocycles. The molecule has 1 unspecified atom stereocenters. The summed E-state index contributed by atoms with van der Waals surface area (Å²) < 4.78 is 0. The van der Waals surface area contributed by atoms with Crippen LogP contribution in [-0.2, 0) is 4.79 Å². The van der Waals surface area contributed by atoms with E-state index in [4.69, 9.17) is 0 Å². The topological polar surface area (TPSA) is 41.1 Å². The largest absolute Gasteiger partial charge is 0.356 e. The first-order valence-corrected chi connectivity index (χ1v) is 8.01. The minimum atomic E-state index is 0.262. The fourth-order valence-electron chi connectivity index (χ4n) is 3.34. The van der Waals surface area contributed by atoms with Crippen molar-refractivity contribution < 1.29 is 4.79 Å². The zero-order valence-corrected chi connectivity index (χ0v) is 12.8. The van der Waals surface area contributed by atoms with Crippen LogP contribution in [0.25, 0.3) is 0 Å². The first-order valence-electron chi connectivity index (χ1n) is 8.01. The Morgan fingerprint density at radius 3 is 2.42 bits per heavy atom. The normalized spacial score (nSPS) is 24.2. The Kier molecular flexibility index (Phi) is 4.88. The number of rotatable bonds is 6. The molecule has 0 aromatic heterocycles. The number of carbonyl (C=O) groups excluding carboxylic acids is 1. The van der Waals surface area contributed by atoms with Gasteiger partial charge in [-0.1, -0.05) is 20.8 Å². The number of hydrogen-bond acceptors (Lipinski definition) is 2. The van der Waals surface area contributed by atoms with Gasteiger partial charge in [0.15, 0.2) is 0 Å². The molecule has 1 saturated heterocycles. The molecule has 0 aromatic rings. The molecule has 0 radical (unpaired) electrons. The van der Waals surface area contributed by atoms with Crippen molar-refractivity contribution in [2.75, 3.05) is 19.6 Å². The summed E-state index contributed by atoms with van der Waals surface area (Å²) in [5.41, 5.74) is 0.424. The highest BCUT2D eigenvalue weighted by Crippen LogP contribution is 2.51. The summed E-state index contributed by atoms with van der Waals surface area (Å²) >= 11 is 0. The average Bonchev–Trinajstić information content (AvgIpc) is 3.18. The second-order valence-corrected chi connectivity index (χ2v) is 7.06. The van der Waals surface area contributed by atoms with E-state index >= 15 is 0 Å². The van der Waals surface area contributed by atoms with E-state index in [1.54, 1.807) is 0 Å². The Bertz CT molecular complexity index is 304. The van der Waals surface area contributed by atoms with Crippen molar-refractivity contribution in [3.63, 3.8) is 0 Å². The molecule has 110 valence electrons. The second-order valence-electron chi connectivity index (χ2n) is 7.06. The van der Waals surface area contributed by atoms with Gasteiger partial charge in [0.25, 0.3) is 0 Å². The lowest BCUT2D eigenvalue weighted by molar-refractivity contribution is -0.122. The molecule has 0 bridgehead atoms. The van der Waals surface area contributed by atoms with Crippen LogP contribution in [0.15, 0.2) is 0 Å². The second kappa shape index (κ2) is 6.25. The van der Waals surface area contributed by atoms with Gasteiger partial charge in [0.1, 0.15) is 0 Å². The Hall–Kier alpha value is -0.570. The first-order chi connectivity index (χ1) is 9.03. The fourth-order valence-corrected chi connectivity index (χ4v) is 3.34. The molecule has 0 spiro atoms. The Morgan fingerprint density at radius 1 is 1.26 bits per heavy atom. The van der Waals surface area contributed by atoms with Gasteiger partial charge in [-0.15, -0.1) is 0 Å². The Labute approximate surface area is 117 Å². The smallest absolute Gasteiger partial charge is 0.220 e. The van der Waals surface area contributed by atoms with Crippen molar-refractivity contribution >= 4 is 5.91 Å². The molecule has 3 nitrogen and oxygen atoms in total. The number of hydrogen-bond donors (Lipinski definition) is 2. The van der Waals surface area contributed by atoms with E-state index in [1.165, 1.54) is 25.7 Å². The lowest BCUT2D eigenvalue weighted by atomic mass is 9.84. The third-order valence-corrected chi connectivity index (χ3v) is 5.45. The first kappa shape index (κ1) is 14.8. The molecular weight excluding hydrogens is 236 g/mol. The molecule has 2 rings (SSSR count). The zero-order valence-electron chi connectivity index (χ0n) is 12.8. The van der Waals surface area contributed by atoms with Gasteiger partial charge in [0, 0.05) is 13.0 Å². The third-order valence-electron chi connectivity index (χ3n) is 5.45. The van der Waals surface area contributed by atoms with Crippen LogP contribution in [0.5, 0.6) is 0 Å². The molecule has 2 fully saturated rings. The molecule has 19 heavy (non-hydrogen) atoms. The molecule has 1 atom stereocenters. The summed E-state index contributed by atoms with van der Waals surface area (Å²) in [6.45, 7) is 9.92. The van der Waals surface area contributed by atoms with Crippen molar-refractivity contribution in [2.45, 2.75) is 52.9 Å². The van der Waals surface area contributed by atoms with Gasteiger partial charge in [-0.25, -0.2) is 0 Å². The van der Waals surface area contributed by atoms with Crippen molar-refractivity contribution in [3.8, 4) is 0 Å². The van der Waals surface area contributed by atoms with Crippen LogP contribution in [0.4, 0.5) is 0 Å². The average molecular weight is 266 g/mol. The predicted octanol–water partition coefficient (Wildman–Crippen LogP) is 2.56. The van der Waals surface area contributed by atoms with Gasteiger partial charge >= 0.3 is 0 Å². The maximum Gasteiger partial charge on any atom is 0.220 e. The molecule has 0 aromatic carbocycles. The Balaban J connectivity index is 1.69. The quantitative estimate of drug-likeness (QED) is 0.776. The van der Waals surface area contributed by atoms with Crippen LogP contribution >= 0.6 is 0 Å². The monoisotopic (exact) mass is 266 g/mol. The van der Waals surface area contributed by atoms with Gasteiger partial charge in [-0.3, -0.25) is 4.79 Å². The summed E-state index contributed by atoms with van der Waals surface area (Å²) in [6.07, 6.45) is 5.73. The Morgan fingerprint density at radius 2 is 1.89 bits per heavy atom. The summed E-state index contributed by atoms with van der Waals surface area (Å²) in [7, 11) is 0. The van der Waals surface area contributed by atoms with E-state index < -0.39 is 0 Å². The molecule has 1 amide bonds. The van der Waals surface area contributed by atoms with Crippen LogP contribution < -0.4 is 10.6 Å². The van der Waals surface area contributed by atoms with Crippen LogP contribution in [0.3, 0.4) is 0 Å². The number of carbonyl (C=O) groups is 1. The van der Waals surface area contributed by atoms with E-state index in [1.807, 2.05) is 0 Å². The van der Waals surface area contributed by atoms with Gasteiger partial charge in [0.05, 0.1) is 0 Å². The molecule has 3 heteroatoms. The van der Waals surface area contributed by atoms with Crippen LogP contribution in [0.2, 0.25) is 0 Å². The van der Waals surface area contributed by atoms with Gasteiger partial charge in [-0.2, -0.15) is 0 Å². The molecule has 2 N–H and O–H groups in total. The zero-order chi connectivity index (χ0) is 13.9. The van der Waals surface area contributed by atoms with Crippen molar-refractivity contribution in [3.05, 3.63) is 0 Å². The summed E-state index contributed by atoms with van der Waals surface area (Å²) in [5, 5.41) is 6.57. The standard InChI is InChI=1S/C16H30N2O/c1-12(2)16(6-7-16)11-18-15(19)10-13(3)14-4-8-17-9-5-14/h12-14,17H,4-11H2,1-3H3,(H,18,19). The summed E-state index contributed by atoms with van der Waals surface area (Å²) in [5.74, 6) is 2.20. The van der Waals surface area contributed by atoms with Crippen LogP contribution in [0, 0.1) is 23.2 Å². The highest BCUT2D eigenvalue weighted by atomic mass is 16.1. The van der Waals surface area contributed by atoms with E-state index in [0.29, 0.717) is 23.7 Å². The molecule has 1 aliphatic heterocycles. The fraction of sp³-hybridized carbons (Fsp3) is 0.938. The maximum atomic E-state index is 12.1. The highest BCUT2D eigenvalue weighted by Gasteiger charge is 2.45. The van der Waals surface area contributed by atoms with Crippen molar-refractivity contribution in [1.82, 2.24) is 10.6 Å².